The molecule has 2 heterocycles. The van der Waals surface area contributed by atoms with Gasteiger partial charge in [0.15, 0.2) is 0 Å². The van der Waals surface area contributed by atoms with Crippen LogP contribution in [0.25, 0.3) is 10.9 Å². The molecule has 0 saturated heterocycles. The summed E-state index contributed by atoms with van der Waals surface area (Å²) in [6.45, 7) is 1.96. The SMILES string of the molecule is Cc1ncc(Br)c2cccnc12. The Labute approximate surface area is 78.8 Å². The third-order valence-electron chi connectivity index (χ3n) is 1.78. The molecule has 0 bridgehead atoms. The minimum absolute atomic E-state index is 0.965. The highest BCUT2D eigenvalue weighted by Crippen LogP contribution is 2.22. The number of aromatic nitrogens is 2. The van der Waals surface area contributed by atoms with E-state index in [0.717, 1.165) is 21.1 Å². The Bertz CT molecular complexity index is 385. The highest BCUT2D eigenvalue weighted by Gasteiger charge is 2.01. The predicted octanol–water partition coefficient (Wildman–Crippen LogP) is 2.70. The van der Waals surface area contributed by atoms with Gasteiger partial charge in [-0.3, -0.25) is 9.97 Å². The van der Waals surface area contributed by atoms with Gasteiger partial charge in [-0.2, -0.15) is 0 Å². The van der Waals surface area contributed by atoms with Crippen molar-refractivity contribution in [1.29, 1.82) is 0 Å². The average molecular weight is 223 g/mol. The van der Waals surface area contributed by atoms with Crippen LogP contribution < -0.4 is 0 Å². The van der Waals surface area contributed by atoms with Gasteiger partial charge in [-0.1, -0.05) is 6.07 Å². The van der Waals surface area contributed by atoms with Crippen molar-refractivity contribution in [3.8, 4) is 0 Å². The number of halogens is 1. The van der Waals surface area contributed by atoms with Crippen LogP contribution in [-0.2, 0) is 0 Å². The summed E-state index contributed by atoms with van der Waals surface area (Å²) >= 11 is 3.43. The first-order valence-electron chi connectivity index (χ1n) is 3.65. The summed E-state index contributed by atoms with van der Waals surface area (Å²) in [4.78, 5) is 8.45. The lowest BCUT2D eigenvalue weighted by molar-refractivity contribution is 1.20. The molecule has 2 rings (SSSR count). The molecule has 12 heavy (non-hydrogen) atoms. The van der Waals surface area contributed by atoms with E-state index in [0.29, 0.717) is 0 Å². The Morgan fingerprint density at radius 1 is 1.33 bits per heavy atom. The van der Waals surface area contributed by atoms with Gasteiger partial charge < -0.3 is 0 Å². The first-order valence-corrected chi connectivity index (χ1v) is 4.44. The van der Waals surface area contributed by atoms with Gasteiger partial charge in [-0.05, 0) is 28.9 Å². The standard InChI is InChI=1S/C9H7BrN2/c1-6-9-7(3-2-4-11-9)8(10)5-12-6/h2-5H,1H3. The lowest BCUT2D eigenvalue weighted by Gasteiger charge is -2.00. The maximum atomic E-state index is 4.25. The minimum atomic E-state index is 0.965. The third kappa shape index (κ3) is 1.10. The van der Waals surface area contributed by atoms with Crippen molar-refractivity contribution in [3.05, 3.63) is 34.7 Å². The van der Waals surface area contributed by atoms with E-state index in [1.165, 1.54) is 0 Å². The summed E-state index contributed by atoms with van der Waals surface area (Å²) in [7, 11) is 0. The first kappa shape index (κ1) is 7.68. The summed E-state index contributed by atoms with van der Waals surface area (Å²) in [6.07, 6.45) is 3.59. The van der Waals surface area contributed by atoms with E-state index in [1.807, 2.05) is 19.1 Å². The molecule has 0 unspecified atom stereocenters. The predicted molar refractivity (Wildman–Crippen MR) is 52.0 cm³/mol. The molecule has 0 aliphatic rings. The van der Waals surface area contributed by atoms with Gasteiger partial charge in [0, 0.05) is 22.3 Å². The molecule has 60 valence electrons. The number of pyridine rings is 2. The number of hydrogen-bond donors (Lipinski definition) is 0. The number of hydrogen-bond acceptors (Lipinski definition) is 2. The fourth-order valence-electron chi connectivity index (χ4n) is 1.17. The second kappa shape index (κ2) is 2.83. The van der Waals surface area contributed by atoms with E-state index < -0.39 is 0 Å². The molecule has 0 radical (unpaired) electrons. The number of nitrogens with zero attached hydrogens (tertiary/aromatic N) is 2. The van der Waals surface area contributed by atoms with Gasteiger partial charge >= 0.3 is 0 Å². The Hall–Kier alpha value is -0.960. The molecule has 0 aromatic carbocycles. The lowest BCUT2D eigenvalue weighted by Crippen LogP contribution is -1.86. The minimum Gasteiger partial charge on any atom is -0.258 e. The molecular weight excluding hydrogens is 216 g/mol. The highest BCUT2D eigenvalue weighted by molar-refractivity contribution is 9.10. The molecule has 0 fully saturated rings. The Morgan fingerprint density at radius 3 is 2.92 bits per heavy atom. The van der Waals surface area contributed by atoms with Gasteiger partial charge in [-0.15, -0.1) is 0 Å². The molecule has 0 spiro atoms. The summed E-state index contributed by atoms with van der Waals surface area (Å²) in [5, 5.41) is 1.12. The third-order valence-corrected chi connectivity index (χ3v) is 2.41. The van der Waals surface area contributed by atoms with Crippen molar-refractivity contribution in [3.63, 3.8) is 0 Å². The van der Waals surface area contributed by atoms with Gasteiger partial charge in [0.1, 0.15) is 0 Å². The summed E-state index contributed by atoms with van der Waals surface area (Å²) in [5.41, 5.74) is 1.93. The zero-order valence-electron chi connectivity index (χ0n) is 6.58. The summed E-state index contributed by atoms with van der Waals surface area (Å²) < 4.78 is 0.996. The molecule has 2 aromatic heterocycles. The fourth-order valence-corrected chi connectivity index (χ4v) is 1.59. The molecular formula is C9H7BrN2. The zero-order valence-corrected chi connectivity index (χ0v) is 8.17. The largest absolute Gasteiger partial charge is 0.258 e. The molecule has 0 saturated carbocycles. The van der Waals surface area contributed by atoms with Crippen molar-refractivity contribution in [2.24, 2.45) is 0 Å². The van der Waals surface area contributed by atoms with Crippen LogP contribution in [0.5, 0.6) is 0 Å². The lowest BCUT2D eigenvalue weighted by atomic mass is 10.2. The number of aryl methyl sites for hydroxylation is 1. The van der Waals surface area contributed by atoms with Crippen LogP contribution in [0.3, 0.4) is 0 Å². The summed E-state index contributed by atoms with van der Waals surface area (Å²) in [6, 6.07) is 3.95. The van der Waals surface area contributed by atoms with Crippen molar-refractivity contribution in [2.45, 2.75) is 6.92 Å². The molecule has 0 atom stereocenters. The van der Waals surface area contributed by atoms with Crippen LogP contribution in [0.1, 0.15) is 5.69 Å². The van der Waals surface area contributed by atoms with Gasteiger partial charge in [-0.25, -0.2) is 0 Å². The van der Waals surface area contributed by atoms with Gasteiger partial charge in [0.2, 0.25) is 0 Å². The van der Waals surface area contributed by atoms with Crippen LogP contribution in [0.2, 0.25) is 0 Å². The number of fused-ring (bicyclic) bond motifs is 1. The van der Waals surface area contributed by atoms with E-state index in [9.17, 15) is 0 Å². The smallest absolute Gasteiger partial charge is 0.0925 e. The molecule has 0 amide bonds. The molecule has 2 nitrogen and oxygen atoms in total. The molecule has 0 N–H and O–H groups in total. The van der Waals surface area contributed by atoms with E-state index in [4.69, 9.17) is 0 Å². The second-order valence-electron chi connectivity index (χ2n) is 2.59. The fraction of sp³-hybridized carbons (Fsp3) is 0.111. The van der Waals surface area contributed by atoms with E-state index in [1.54, 1.807) is 12.4 Å². The van der Waals surface area contributed by atoms with Crippen molar-refractivity contribution < 1.29 is 0 Å². The van der Waals surface area contributed by atoms with Crippen LogP contribution >= 0.6 is 15.9 Å². The van der Waals surface area contributed by atoms with Crippen LogP contribution in [-0.4, -0.2) is 9.97 Å². The maximum absolute atomic E-state index is 4.25. The average Bonchev–Trinajstić information content (AvgIpc) is 2.12. The second-order valence-corrected chi connectivity index (χ2v) is 3.45. The normalized spacial score (nSPS) is 10.5. The van der Waals surface area contributed by atoms with Gasteiger partial charge in [0.05, 0.1) is 11.2 Å². The Kier molecular flexibility index (Phi) is 1.81. The van der Waals surface area contributed by atoms with Crippen LogP contribution in [0, 0.1) is 6.92 Å². The highest BCUT2D eigenvalue weighted by atomic mass is 79.9. The summed E-state index contributed by atoms with van der Waals surface area (Å²) in [5.74, 6) is 0. The monoisotopic (exact) mass is 222 g/mol. The Morgan fingerprint density at radius 2 is 2.17 bits per heavy atom. The number of rotatable bonds is 0. The maximum Gasteiger partial charge on any atom is 0.0925 e. The first-order chi connectivity index (χ1) is 5.79. The van der Waals surface area contributed by atoms with Crippen LogP contribution in [0.15, 0.2) is 29.0 Å². The van der Waals surface area contributed by atoms with Gasteiger partial charge in [0.25, 0.3) is 0 Å². The molecule has 0 aliphatic heterocycles. The molecule has 0 aliphatic carbocycles. The Balaban J connectivity index is 2.95. The zero-order chi connectivity index (χ0) is 8.55. The molecule has 2 aromatic rings. The van der Waals surface area contributed by atoms with Crippen molar-refractivity contribution >= 4 is 26.8 Å². The van der Waals surface area contributed by atoms with E-state index in [2.05, 4.69) is 25.9 Å². The van der Waals surface area contributed by atoms with Crippen molar-refractivity contribution in [1.82, 2.24) is 9.97 Å². The van der Waals surface area contributed by atoms with E-state index in [-0.39, 0.29) is 0 Å². The van der Waals surface area contributed by atoms with Crippen molar-refractivity contribution in [2.75, 3.05) is 0 Å². The topological polar surface area (TPSA) is 25.8 Å². The quantitative estimate of drug-likeness (QED) is 0.686. The van der Waals surface area contributed by atoms with Crippen LogP contribution in [0.4, 0.5) is 0 Å². The van der Waals surface area contributed by atoms with E-state index >= 15 is 0 Å². The molecule has 3 heteroatoms.